The molecule has 1 unspecified atom stereocenters. The van der Waals surface area contributed by atoms with Crippen molar-refractivity contribution in [2.45, 2.75) is 40.0 Å². The standard InChI is InChI=1S/C12H19BrO3/c1-5-7-10(14)12(4,8-9(3)13)11(15)16-6-2/h3,5-8H2,1-2,4H3. The Morgan fingerprint density at radius 1 is 1.38 bits per heavy atom. The van der Waals surface area contributed by atoms with Crippen LogP contribution in [0, 0.1) is 5.41 Å². The fourth-order valence-electron chi connectivity index (χ4n) is 1.46. The van der Waals surface area contributed by atoms with Crippen molar-refractivity contribution >= 4 is 27.7 Å². The first-order chi connectivity index (χ1) is 7.38. The Labute approximate surface area is 105 Å². The summed E-state index contributed by atoms with van der Waals surface area (Å²) in [6.45, 7) is 9.22. The molecule has 92 valence electrons. The topological polar surface area (TPSA) is 43.4 Å². The molecule has 0 saturated heterocycles. The molecule has 0 radical (unpaired) electrons. The molecular weight excluding hydrogens is 272 g/mol. The largest absolute Gasteiger partial charge is 0.465 e. The number of hydrogen-bond donors (Lipinski definition) is 0. The minimum atomic E-state index is -1.10. The van der Waals surface area contributed by atoms with Crippen LogP contribution < -0.4 is 0 Å². The van der Waals surface area contributed by atoms with Gasteiger partial charge in [-0.05, 0) is 24.8 Å². The van der Waals surface area contributed by atoms with Crippen LogP contribution in [0.5, 0.6) is 0 Å². The molecule has 4 heteroatoms. The van der Waals surface area contributed by atoms with Crippen molar-refractivity contribution in [2.75, 3.05) is 6.61 Å². The van der Waals surface area contributed by atoms with Crippen LogP contribution in [0.4, 0.5) is 0 Å². The second kappa shape index (κ2) is 6.84. The quantitative estimate of drug-likeness (QED) is 0.534. The summed E-state index contributed by atoms with van der Waals surface area (Å²) in [6.07, 6.45) is 1.39. The van der Waals surface area contributed by atoms with E-state index in [9.17, 15) is 9.59 Å². The number of allylic oxidation sites excluding steroid dienone is 1. The minimum Gasteiger partial charge on any atom is -0.465 e. The van der Waals surface area contributed by atoms with Gasteiger partial charge < -0.3 is 4.74 Å². The molecule has 0 bridgehead atoms. The molecule has 0 fully saturated rings. The maximum Gasteiger partial charge on any atom is 0.319 e. The number of carbonyl (C=O) groups excluding carboxylic acids is 2. The maximum atomic E-state index is 12.0. The van der Waals surface area contributed by atoms with Gasteiger partial charge in [0, 0.05) is 12.8 Å². The van der Waals surface area contributed by atoms with Gasteiger partial charge in [0.15, 0.2) is 0 Å². The normalized spacial score (nSPS) is 14.0. The highest BCUT2D eigenvalue weighted by atomic mass is 79.9. The summed E-state index contributed by atoms with van der Waals surface area (Å²) < 4.78 is 5.59. The van der Waals surface area contributed by atoms with Crippen molar-refractivity contribution in [1.82, 2.24) is 0 Å². The van der Waals surface area contributed by atoms with Gasteiger partial charge in [0.1, 0.15) is 11.2 Å². The molecule has 0 aliphatic heterocycles. The Morgan fingerprint density at radius 2 is 1.94 bits per heavy atom. The van der Waals surface area contributed by atoms with Crippen LogP contribution in [0.15, 0.2) is 11.1 Å². The Bertz CT molecular complexity index is 266. The maximum absolute atomic E-state index is 12.0. The van der Waals surface area contributed by atoms with Crippen LogP contribution >= 0.6 is 15.9 Å². The molecule has 0 aliphatic carbocycles. The van der Waals surface area contributed by atoms with Crippen LogP contribution in [-0.4, -0.2) is 18.4 Å². The third-order valence-corrected chi connectivity index (χ3v) is 2.64. The molecule has 0 saturated carbocycles. The number of hydrogen-bond acceptors (Lipinski definition) is 3. The predicted octanol–water partition coefficient (Wildman–Crippen LogP) is 3.22. The van der Waals surface area contributed by atoms with Crippen LogP contribution in [0.2, 0.25) is 0 Å². The van der Waals surface area contributed by atoms with Gasteiger partial charge in [0.25, 0.3) is 0 Å². The van der Waals surface area contributed by atoms with Gasteiger partial charge in [-0.25, -0.2) is 0 Å². The zero-order chi connectivity index (χ0) is 12.8. The molecule has 0 aromatic rings. The SMILES string of the molecule is C=C(Br)CC(C)(C(=O)CCC)C(=O)OCC. The lowest BCUT2D eigenvalue weighted by atomic mass is 9.80. The first kappa shape index (κ1) is 15.4. The first-order valence-electron chi connectivity index (χ1n) is 5.42. The highest BCUT2D eigenvalue weighted by molar-refractivity contribution is 9.11. The summed E-state index contributed by atoms with van der Waals surface area (Å²) in [5.74, 6) is -0.553. The number of esters is 1. The molecule has 0 aliphatic rings. The summed E-state index contributed by atoms with van der Waals surface area (Å²) in [7, 11) is 0. The number of ketones is 1. The predicted molar refractivity (Wildman–Crippen MR) is 67.3 cm³/mol. The molecule has 16 heavy (non-hydrogen) atoms. The average molecular weight is 291 g/mol. The Kier molecular flexibility index (Phi) is 6.56. The number of rotatable bonds is 7. The molecular formula is C12H19BrO3. The number of Topliss-reactive ketones (excluding diaryl/α,β-unsaturated/α-hetero) is 1. The number of carbonyl (C=O) groups is 2. The fourth-order valence-corrected chi connectivity index (χ4v) is 2.02. The summed E-state index contributed by atoms with van der Waals surface area (Å²) in [4.78, 5) is 23.8. The van der Waals surface area contributed by atoms with Gasteiger partial charge in [-0.15, -0.1) is 0 Å². The van der Waals surface area contributed by atoms with Crippen molar-refractivity contribution in [1.29, 1.82) is 0 Å². The summed E-state index contributed by atoms with van der Waals surface area (Å²) >= 11 is 3.19. The van der Waals surface area contributed by atoms with Crippen LogP contribution in [0.1, 0.15) is 40.0 Å². The van der Waals surface area contributed by atoms with E-state index in [-0.39, 0.29) is 18.8 Å². The Balaban J connectivity index is 4.93. The van der Waals surface area contributed by atoms with E-state index in [0.29, 0.717) is 10.9 Å². The minimum absolute atomic E-state index is 0.0888. The van der Waals surface area contributed by atoms with Crippen molar-refractivity contribution in [3.8, 4) is 0 Å². The zero-order valence-electron chi connectivity index (χ0n) is 10.1. The monoisotopic (exact) mass is 290 g/mol. The van der Waals surface area contributed by atoms with Gasteiger partial charge in [-0.2, -0.15) is 0 Å². The second-order valence-corrected chi connectivity index (χ2v) is 5.04. The molecule has 3 nitrogen and oxygen atoms in total. The molecule has 0 rings (SSSR count). The molecule has 0 heterocycles. The van der Waals surface area contributed by atoms with Crippen molar-refractivity contribution < 1.29 is 14.3 Å². The average Bonchev–Trinajstić information content (AvgIpc) is 2.17. The van der Waals surface area contributed by atoms with E-state index < -0.39 is 11.4 Å². The molecule has 0 aromatic carbocycles. The van der Waals surface area contributed by atoms with E-state index >= 15 is 0 Å². The smallest absolute Gasteiger partial charge is 0.319 e. The van der Waals surface area contributed by atoms with Crippen molar-refractivity contribution in [3.63, 3.8) is 0 Å². The van der Waals surface area contributed by atoms with E-state index in [1.54, 1.807) is 13.8 Å². The van der Waals surface area contributed by atoms with Gasteiger partial charge in [0.2, 0.25) is 0 Å². The summed E-state index contributed by atoms with van der Waals surface area (Å²) in [5, 5.41) is 0. The van der Waals surface area contributed by atoms with E-state index in [2.05, 4.69) is 22.5 Å². The van der Waals surface area contributed by atoms with Crippen LogP contribution in [0.25, 0.3) is 0 Å². The van der Waals surface area contributed by atoms with E-state index in [1.165, 1.54) is 0 Å². The van der Waals surface area contributed by atoms with Crippen molar-refractivity contribution in [2.24, 2.45) is 5.41 Å². The third-order valence-electron chi connectivity index (χ3n) is 2.36. The van der Waals surface area contributed by atoms with Crippen LogP contribution in [0.3, 0.4) is 0 Å². The zero-order valence-corrected chi connectivity index (χ0v) is 11.7. The molecule has 1 atom stereocenters. The van der Waals surface area contributed by atoms with E-state index in [4.69, 9.17) is 4.74 Å². The van der Waals surface area contributed by atoms with Crippen molar-refractivity contribution in [3.05, 3.63) is 11.1 Å². The Morgan fingerprint density at radius 3 is 2.31 bits per heavy atom. The lowest BCUT2D eigenvalue weighted by molar-refractivity contribution is -0.159. The van der Waals surface area contributed by atoms with Crippen LogP contribution in [-0.2, 0) is 14.3 Å². The number of halogens is 1. The molecule has 0 aromatic heterocycles. The lowest BCUT2D eigenvalue weighted by Gasteiger charge is -2.25. The molecule has 0 amide bonds. The van der Waals surface area contributed by atoms with Gasteiger partial charge in [0.05, 0.1) is 6.61 Å². The summed E-state index contributed by atoms with van der Waals surface area (Å²) in [6, 6.07) is 0. The molecule has 0 N–H and O–H groups in total. The second-order valence-electron chi connectivity index (χ2n) is 3.92. The molecule has 0 spiro atoms. The first-order valence-corrected chi connectivity index (χ1v) is 6.21. The third kappa shape index (κ3) is 4.08. The lowest BCUT2D eigenvalue weighted by Crippen LogP contribution is -2.38. The van der Waals surface area contributed by atoms with Gasteiger partial charge in [-0.3, -0.25) is 9.59 Å². The van der Waals surface area contributed by atoms with Gasteiger partial charge >= 0.3 is 5.97 Å². The van der Waals surface area contributed by atoms with Gasteiger partial charge in [-0.1, -0.05) is 29.4 Å². The Hall–Kier alpha value is -0.640. The van der Waals surface area contributed by atoms with E-state index in [1.807, 2.05) is 6.92 Å². The van der Waals surface area contributed by atoms with E-state index in [0.717, 1.165) is 6.42 Å². The fraction of sp³-hybridized carbons (Fsp3) is 0.667. The summed E-state index contributed by atoms with van der Waals surface area (Å²) in [5.41, 5.74) is -1.10. The highest BCUT2D eigenvalue weighted by Gasteiger charge is 2.41. The number of ether oxygens (including phenoxy) is 1. The highest BCUT2D eigenvalue weighted by Crippen LogP contribution is 2.32.